The predicted octanol–water partition coefficient (Wildman–Crippen LogP) is 3.55. The topological polar surface area (TPSA) is 42.4 Å². The van der Waals surface area contributed by atoms with Gasteiger partial charge in [0.15, 0.2) is 5.78 Å². The maximum Gasteiger partial charge on any atom is 0.421 e. The first-order chi connectivity index (χ1) is 11.3. The van der Waals surface area contributed by atoms with Crippen molar-refractivity contribution in [3.8, 4) is 5.88 Å². The fourth-order valence-corrected chi connectivity index (χ4v) is 4.02. The number of pyridine rings is 1. The molecule has 0 amide bonds. The second-order valence-electron chi connectivity index (χ2n) is 6.72. The van der Waals surface area contributed by atoms with Crippen molar-refractivity contribution >= 4 is 5.78 Å². The van der Waals surface area contributed by atoms with Crippen molar-refractivity contribution in [1.29, 1.82) is 0 Å². The molecule has 1 aromatic heterocycles. The van der Waals surface area contributed by atoms with E-state index in [1.165, 1.54) is 6.20 Å². The number of carbonyl (C=O) groups is 1. The first kappa shape index (κ1) is 17.2. The van der Waals surface area contributed by atoms with Crippen molar-refractivity contribution in [1.82, 2.24) is 9.88 Å². The molecule has 2 aliphatic heterocycles. The molecular weight excluding hydrogens is 321 g/mol. The Morgan fingerprint density at radius 1 is 1.29 bits per heavy atom. The van der Waals surface area contributed by atoms with E-state index in [1.54, 1.807) is 0 Å². The van der Waals surface area contributed by atoms with E-state index in [0.29, 0.717) is 24.9 Å². The minimum absolute atomic E-state index is 0.0238. The summed E-state index contributed by atoms with van der Waals surface area (Å²) in [5.74, 6) is -0.965. The Morgan fingerprint density at radius 3 is 2.46 bits per heavy atom. The number of Topliss-reactive ketones (excluding diaryl/α,β-unsaturated/α-hetero) is 1. The van der Waals surface area contributed by atoms with E-state index in [2.05, 4.69) is 21.7 Å². The van der Waals surface area contributed by atoms with Crippen LogP contribution in [0.4, 0.5) is 13.2 Å². The van der Waals surface area contributed by atoms with Gasteiger partial charge in [0, 0.05) is 29.8 Å². The molecule has 7 heteroatoms. The van der Waals surface area contributed by atoms with Gasteiger partial charge in [-0.15, -0.1) is 0 Å². The minimum atomic E-state index is -4.60. The Balaban J connectivity index is 1.85. The number of ether oxygens (including phenoxy) is 1. The molecule has 0 spiro atoms. The Bertz CT molecular complexity index is 619. The van der Waals surface area contributed by atoms with Gasteiger partial charge in [-0.25, -0.2) is 4.98 Å². The highest BCUT2D eigenvalue weighted by atomic mass is 19.4. The molecule has 0 radical (unpaired) electrons. The molecule has 2 unspecified atom stereocenters. The van der Waals surface area contributed by atoms with Crippen LogP contribution in [0.15, 0.2) is 12.3 Å². The average Bonchev–Trinajstić information content (AvgIpc) is 2.52. The van der Waals surface area contributed by atoms with Crippen LogP contribution in [-0.2, 0) is 6.18 Å². The van der Waals surface area contributed by atoms with Crippen LogP contribution in [0.1, 0.15) is 48.0 Å². The molecule has 1 aromatic rings. The second-order valence-corrected chi connectivity index (χ2v) is 6.72. The number of fused-ring (bicyclic) bond motifs is 2. The van der Waals surface area contributed by atoms with E-state index >= 15 is 0 Å². The number of carbonyl (C=O) groups excluding carboxylic acids is 1. The highest BCUT2D eigenvalue weighted by molar-refractivity contribution is 5.98. The zero-order valence-corrected chi connectivity index (χ0v) is 13.8. The summed E-state index contributed by atoms with van der Waals surface area (Å²) in [4.78, 5) is 18.8. The zero-order chi connectivity index (χ0) is 17.5. The summed E-state index contributed by atoms with van der Waals surface area (Å²) >= 11 is 0. The predicted molar refractivity (Wildman–Crippen MR) is 82.0 cm³/mol. The lowest BCUT2D eigenvalue weighted by molar-refractivity contribution is -0.139. The molecule has 132 valence electrons. The lowest BCUT2D eigenvalue weighted by Gasteiger charge is -2.46. The number of rotatable bonds is 3. The summed E-state index contributed by atoms with van der Waals surface area (Å²) in [6.07, 6.45) is 1.26. The van der Waals surface area contributed by atoms with Crippen molar-refractivity contribution in [3.63, 3.8) is 0 Å². The van der Waals surface area contributed by atoms with Crippen molar-refractivity contribution < 1.29 is 22.7 Å². The Hall–Kier alpha value is -1.63. The van der Waals surface area contributed by atoms with E-state index in [0.717, 1.165) is 32.4 Å². The lowest BCUT2D eigenvalue weighted by atomic mass is 9.76. The van der Waals surface area contributed by atoms with Crippen LogP contribution in [0.5, 0.6) is 5.88 Å². The number of hydrogen-bond acceptors (Lipinski definition) is 4. The number of halogens is 3. The highest BCUT2D eigenvalue weighted by Crippen LogP contribution is 2.39. The summed E-state index contributed by atoms with van der Waals surface area (Å²) < 4.78 is 44.0. The quantitative estimate of drug-likeness (QED) is 0.788. The SMILES string of the molecule is COc1ncc(C(=O)C2CC3CCCC(C2)N3C)cc1C(F)(F)F. The van der Waals surface area contributed by atoms with Gasteiger partial charge >= 0.3 is 6.18 Å². The Labute approximate surface area is 139 Å². The number of alkyl halides is 3. The first-order valence-electron chi connectivity index (χ1n) is 8.18. The van der Waals surface area contributed by atoms with Gasteiger partial charge < -0.3 is 9.64 Å². The van der Waals surface area contributed by atoms with Gasteiger partial charge in [-0.05, 0) is 38.8 Å². The van der Waals surface area contributed by atoms with Crippen molar-refractivity contribution in [2.75, 3.05) is 14.2 Å². The molecule has 0 aromatic carbocycles. The lowest BCUT2D eigenvalue weighted by Crippen LogP contribution is -2.51. The molecule has 0 aliphatic carbocycles. The Morgan fingerprint density at radius 2 is 1.92 bits per heavy atom. The van der Waals surface area contributed by atoms with E-state index in [1.807, 2.05) is 0 Å². The normalized spacial score (nSPS) is 27.8. The molecule has 0 saturated carbocycles. The molecule has 24 heavy (non-hydrogen) atoms. The van der Waals surface area contributed by atoms with Crippen LogP contribution >= 0.6 is 0 Å². The minimum Gasteiger partial charge on any atom is -0.481 e. The number of aromatic nitrogens is 1. The zero-order valence-electron chi connectivity index (χ0n) is 13.8. The van der Waals surface area contributed by atoms with Gasteiger partial charge in [-0.3, -0.25) is 4.79 Å². The van der Waals surface area contributed by atoms with Crippen molar-refractivity contribution in [2.24, 2.45) is 5.92 Å². The summed E-state index contributed by atoms with van der Waals surface area (Å²) in [7, 11) is 3.21. The first-order valence-corrected chi connectivity index (χ1v) is 8.18. The summed E-state index contributed by atoms with van der Waals surface area (Å²) in [6, 6.07) is 1.57. The molecular formula is C17H21F3N2O2. The van der Waals surface area contributed by atoms with Crippen LogP contribution in [-0.4, -0.2) is 41.9 Å². The number of methoxy groups -OCH3 is 1. The third kappa shape index (κ3) is 3.14. The number of piperidine rings is 2. The van der Waals surface area contributed by atoms with Gasteiger partial charge in [0.25, 0.3) is 0 Å². The van der Waals surface area contributed by atoms with Gasteiger partial charge in [0.2, 0.25) is 5.88 Å². The standard InChI is InChI=1S/C17H21F3N2O2/c1-22-12-4-3-5-13(22)7-10(6-12)15(23)11-8-14(17(18,19)20)16(24-2)21-9-11/h8-10,12-13H,3-7H2,1-2H3. The smallest absolute Gasteiger partial charge is 0.421 e. The van der Waals surface area contributed by atoms with Crippen LogP contribution in [0.25, 0.3) is 0 Å². The fourth-order valence-electron chi connectivity index (χ4n) is 4.02. The van der Waals surface area contributed by atoms with Crippen LogP contribution in [0.2, 0.25) is 0 Å². The van der Waals surface area contributed by atoms with Crippen LogP contribution in [0, 0.1) is 5.92 Å². The molecule has 2 fully saturated rings. The molecule has 2 aliphatic rings. The number of ketones is 1. The molecule has 3 rings (SSSR count). The molecule has 2 atom stereocenters. The highest BCUT2D eigenvalue weighted by Gasteiger charge is 2.40. The monoisotopic (exact) mass is 342 g/mol. The van der Waals surface area contributed by atoms with E-state index in [4.69, 9.17) is 0 Å². The van der Waals surface area contributed by atoms with Crippen LogP contribution in [0.3, 0.4) is 0 Å². The van der Waals surface area contributed by atoms with Crippen molar-refractivity contribution in [3.05, 3.63) is 23.4 Å². The van der Waals surface area contributed by atoms with Gasteiger partial charge in [-0.2, -0.15) is 13.2 Å². The summed E-state index contributed by atoms with van der Waals surface area (Å²) in [5.41, 5.74) is -0.972. The third-order valence-electron chi connectivity index (χ3n) is 5.35. The third-order valence-corrected chi connectivity index (χ3v) is 5.35. The average molecular weight is 342 g/mol. The Kier molecular flexibility index (Phi) is 4.55. The maximum absolute atomic E-state index is 13.1. The largest absolute Gasteiger partial charge is 0.481 e. The summed E-state index contributed by atoms with van der Waals surface area (Å²) in [5, 5.41) is 0. The van der Waals surface area contributed by atoms with Gasteiger partial charge in [0.05, 0.1) is 7.11 Å². The summed E-state index contributed by atoms with van der Waals surface area (Å²) in [6.45, 7) is 0. The molecule has 3 heterocycles. The van der Waals surface area contributed by atoms with Gasteiger partial charge in [-0.1, -0.05) is 6.42 Å². The fraction of sp³-hybridized carbons (Fsp3) is 0.647. The van der Waals surface area contributed by atoms with Gasteiger partial charge in [0.1, 0.15) is 5.56 Å². The van der Waals surface area contributed by atoms with Crippen molar-refractivity contribution in [2.45, 2.75) is 50.4 Å². The molecule has 2 bridgehead atoms. The number of nitrogens with zero attached hydrogens (tertiary/aromatic N) is 2. The van der Waals surface area contributed by atoms with E-state index < -0.39 is 17.6 Å². The molecule has 4 nitrogen and oxygen atoms in total. The maximum atomic E-state index is 13.1. The molecule has 2 saturated heterocycles. The number of hydrogen-bond donors (Lipinski definition) is 0. The second kappa shape index (κ2) is 6.35. The van der Waals surface area contributed by atoms with E-state index in [9.17, 15) is 18.0 Å². The van der Waals surface area contributed by atoms with E-state index in [-0.39, 0.29) is 17.3 Å². The van der Waals surface area contributed by atoms with Crippen LogP contribution < -0.4 is 4.74 Å². The molecule has 0 N–H and O–H groups in total.